The molecular weight excluding hydrogens is 1450 g/mol. The van der Waals surface area contributed by atoms with Crippen molar-refractivity contribution in [3.05, 3.63) is 467 Å². The third-order valence-corrected chi connectivity index (χ3v) is 24.0. The normalized spacial score (nSPS) is 12.1. The quantitative estimate of drug-likeness (QED) is 0.0856. The molecule has 0 saturated carbocycles. The predicted octanol–water partition coefficient (Wildman–Crippen LogP) is 31.5. The zero-order valence-electron chi connectivity index (χ0n) is 66.0. The van der Waals surface area contributed by atoms with Crippen molar-refractivity contribution in [2.45, 2.75) is 12.8 Å². The van der Waals surface area contributed by atoms with Crippen LogP contribution in [0.1, 0.15) is 18.4 Å². The molecule has 6 heteroatoms. The minimum absolute atomic E-state index is 0.958. The Morgan fingerprint density at radius 3 is 0.692 bits per heavy atom. The molecule has 0 unspecified atom stereocenters. The molecule has 3 aromatic heterocycles. The topological polar surface area (TPSA) is 24.5 Å². The van der Waals surface area contributed by atoms with Crippen LogP contribution in [0.15, 0.2) is 461 Å². The first kappa shape index (κ1) is 70.8. The number of rotatable bonds is 18. The second-order valence-electron chi connectivity index (χ2n) is 31.2. The molecule has 0 fully saturated rings. The van der Waals surface area contributed by atoms with Crippen LogP contribution >= 0.6 is 0 Å². The fraction of sp³-hybridized carbons (Fsp3) is 0.0175. The highest BCUT2D eigenvalue weighted by Crippen LogP contribution is 2.50. The van der Waals surface area contributed by atoms with Crippen LogP contribution in [-0.2, 0) is 0 Å². The molecule has 120 heavy (non-hydrogen) atoms. The lowest BCUT2D eigenvalue weighted by Gasteiger charge is -2.33. The lowest BCUT2D eigenvalue weighted by atomic mass is 9.95. The van der Waals surface area contributed by atoms with Crippen molar-refractivity contribution >= 4 is 122 Å². The summed E-state index contributed by atoms with van der Waals surface area (Å²) < 4.78 is 7.29. The van der Waals surface area contributed by atoms with Gasteiger partial charge in [-0.25, -0.2) is 0 Å². The molecule has 0 atom stereocenters. The first-order valence-electron chi connectivity index (χ1n) is 41.4. The van der Waals surface area contributed by atoms with Gasteiger partial charge in [-0.15, -0.1) is 0 Å². The average Bonchev–Trinajstić information content (AvgIpc) is 1.54. The summed E-state index contributed by atoms with van der Waals surface area (Å²) in [4.78, 5) is 7.40. The highest BCUT2D eigenvalue weighted by atomic mass is 15.2. The van der Waals surface area contributed by atoms with Gasteiger partial charge in [0.05, 0.1) is 50.2 Å². The molecule has 0 amide bonds. The minimum atomic E-state index is 0.958. The number of benzene rings is 18. The van der Waals surface area contributed by atoms with Gasteiger partial charge in [-0.1, -0.05) is 279 Å². The summed E-state index contributed by atoms with van der Waals surface area (Å²) in [6, 6.07) is 163. The monoisotopic (exact) mass is 1530 g/mol. The molecule has 0 aliphatic heterocycles. The number of aromatic nitrogens is 3. The summed E-state index contributed by atoms with van der Waals surface area (Å²) in [5, 5.41) is 6.89. The molecule has 0 spiro atoms. The fourth-order valence-corrected chi connectivity index (χ4v) is 18.3. The largest absolute Gasteiger partial charge is 0.310 e. The van der Waals surface area contributed by atoms with Gasteiger partial charge in [0.25, 0.3) is 0 Å². The minimum Gasteiger partial charge on any atom is -0.310 e. The van der Waals surface area contributed by atoms with Crippen molar-refractivity contribution in [3.8, 4) is 72.7 Å². The summed E-state index contributed by atoms with van der Waals surface area (Å²) in [6.07, 6.45) is 8.82. The Kier molecular flexibility index (Phi) is 18.0. The number of fused-ring (bicyclic) bond motifs is 9. The van der Waals surface area contributed by atoms with Gasteiger partial charge >= 0.3 is 0 Å². The number of nitrogens with zero attached hydrogens (tertiary/aromatic N) is 6. The van der Waals surface area contributed by atoms with Crippen LogP contribution in [0.2, 0.25) is 0 Å². The average molecular weight is 1530 g/mol. The van der Waals surface area contributed by atoms with Crippen LogP contribution < -0.4 is 14.7 Å². The number of para-hydroxylation sites is 6. The maximum Gasteiger partial charge on any atom is 0.0542 e. The van der Waals surface area contributed by atoms with E-state index < -0.39 is 0 Å². The Morgan fingerprint density at radius 2 is 0.408 bits per heavy atom. The fourth-order valence-electron chi connectivity index (χ4n) is 18.3. The number of allylic oxidation sites excluding steroid dienone is 4. The number of anilines is 9. The SMILES string of the molecule is C1=CCCC(c2ccc(-c3ccc4c(c3)c3cc(N(c5ccccc5)c5cc(N(c6ccccc6)c6ccc7c(c6)c6cc(-c8ccc(-c9ccccc9)cc8)ccc6n7-c6ccccc6)cc(N(c6ccccc6)c6ccc7c(c6)c6cc(-c8ccc(-c9ccccc9)cc8)ccc6n7-c6ccccc6)c5)ccc3n4-c3ccccc3)cc2)=C1. The van der Waals surface area contributed by atoms with E-state index in [1.54, 1.807) is 0 Å². The van der Waals surface area contributed by atoms with Gasteiger partial charge in [0, 0.05) is 83.5 Å². The van der Waals surface area contributed by atoms with E-state index in [1.165, 1.54) is 44.3 Å². The number of hydrogen-bond acceptors (Lipinski definition) is 3. The van der Waals surface area contributed by atoms with E-state index in [9.17, 15) is 0 Å². The van der Waals surface area contributed by atoms with E-state index in [1.807, 2.05) is 0 Å². The van der Waals surface area contributed by atoms with Crippen molar-refractivity contribution in [1.82, 2.24) is 13.7 Å². The van der Waals surface area contributed by atoms with Gasteiger partial charge in [0.1, 0.15) is 0 Å². The second kappa shape index (κ2) is 30.5. The molecule has 22 rings (SSSR count). The molecule has 0 bridgehead atoms. The van der Waals surface area contributed by atoms with Crippen molar-refractivity contribution in [2.24, 2.45) is 0 Å². The maximum absolute atomic E-state index is 2.47. The molecule has 18 aromatic carbocycles. The van der Waals surface area contributed by atoms with Gasteiger partial charge in [-0.05, 0) is 262 Å². The summed E-state index contributed by atoms with van der Waals surface area (Å²) >= 11 is 0. The van der Waals surface area contributed by atoms with Crippen LogP contribution in [0, 0.1) is 0 Å². The lowest BCUT2D eigenvalue weighted by molar-refractivity contribution is 1.05. The Hall–Kier alpha value is -15.8. The first-order valence-corrected chi connectivity index (χ1v) is 41.4. The van der Waals surface area contributed by atoms with Crippen LogP contribution in [0.3, 0.4) is 0 Å². The Balaban J connectivity index is 0.777. The van der Waals surface area contributed by atoms with E-state index >= 15 is 0 Å². The molecule has 3 heterocycles. The molecule has 566 valence electrons. The Morgan fingerprint density at radius 1 is 0.175 bits per heavy atom. The van der Waals surface area contributed by atoms with E-state index in [4.69, 9.17) is 0 Å². The molecule has 0 radical (unpaired) electrons. The first-order chi connectivity index (χ1) is 59.5. The van der Waals surface area contributed by atoms with Gasteiger partial charge < -0.3 is 28.4 Å². The van der Waals surface area contributed by atoms with Crippen molar-refractivity contribution in [1.29, 1.82) is 0 Å². The third-order valence-electron chi connectivity index (χ3n) is 24.0. The molecule has 21 aromatic rings. The van der Waals surface area contributed by atoms with Gasteiger partial charge in [-0.2, -0.15) is 0 Å². The van der Waals surface area contributed by atoms with Crippen molar-refractivity contribution in [3.63, 3.8) is 0 Å². The van der Waals surface area contributed by atoms with E-state index in [0.29, 0.717) is 0 Å². The molecule has 6 nitrogen and oxygen atoms in total. The Labute approximate surface area is 698 Å². The zero-order chi connectivity index (χ0) is 79.4. The van der Waals surface area contributed by atoms with Gasteiger partial charge in [-0.3, -0.25) is 0 Å². The van der Waals surface area contributed by atoms with Crippen LogP contribution in [0.5, 0.6) is 0 Å². The molecular formula is C114H80N6. The molecule has 1 aliphatic carbocycles. The highest BCUT2D eigenvalue weighted by molar-refractivity contribution is 6.15. The third kappa shape index (κ3) is 13.0. The summed E-state index contributed by atoms with van der Waals surface area (Å²) in [6.45, 7) is 0. The smallest absolute Gasteiger partial charge is 0.0542 e. The van der Waals surface area contributed by atoms with Crippen molar-refractivity contribution in [2.75, 3.05) is 14.7 Å². The van der Waals surface area contributed by atoms with Crippen LogP contribution in [0.4, 0.5) is 51.2 Å². The van der Waals surface area contributed by atoms with E-state index in [2.05, 4.69) is 489 Å². The summed E-state index contributed by atoms with van der Waals surface area (Å²) in [7, 11) is 0. The molecule has 0 N–H and O–H groups in total. The zero-order valence-corrected chi connectivity index (χ0v) is 66.0. The maximum atomic E-state index is 2.47. The van der Waals surface area contributed by atoms with E-state index in [0.717, 1.165) is 169 Å². The van der Waals surface area contributed by atoms with Crippen LogP contribution in [-0.4, -0.2) is 13.7 Å². The van der Waals surface area contributed by atoms with Gasteiger partial charge in [0.15, 0.2) is 0 Å². The standard InChI is InChI=1S/C114H80N6/c1-10-28-79(29-11-1)82-46-52-85(53-47-82)88-58-64-109-103(70-88)106-76-97(61-67-112(106)118(109)94-40-22-7-23-41-94)115(91-34-16-4-17-35-91)100-73-101(116(92-36-18-5-19-37-92)98-62-68-113-107(77-98)104-71-89(59-65-110(104)119(113)95-42-24-8-25-43-95)86-54-48-83(49-55-86)80-30-12-2-13-31-80)75-102(74-100)117(93-38-20-6-21-39-93)99-63-69-114-108(78-99)105-72-90(60-66-111(105)120(114)96-44-26-9-27-45-96)87-56-50-84(51-57-87)81-32-14-3-15-33-81/h1-14,16-32,34-78H,15,33H2. The highest BCUT2D eigenvalue weighted by Gasteiger charge is 2.27. The van der Waals surface area contributed by atoms with Crippen molar-refractivity contribution < 1.29 is 0 Å². The molecule has 1 aliphatic rings. The summed E-state index contributed by atoms with van der Waals surface area (Å²) in [5.41, 5.74) is 33.3. The van der Waals surface area contributed by atoms with Crippen LogP contribution in [0.25, 0.3) is 144 Å². The summed E-state index contributed by atoms with van der Waals surface area (Å²) in [5.74, 6) is 0. The lowest BCUT2D eigenvalue weighted by Crippen LogP contribution is -2.16. The van der Waals surface area contributed by atoms with Gasteiger partial charge in [0.2, 0.25) is 0 Å². The second-order valence-corrected chi connectivity index (χ2v) is 31.2. The Bertz CT molecular complexity index is 7120. The van der Waals surface area contributed by atoms with E-state index in [-0.39, 0.29) is 0 Å². The number of hydrogen-bond donors (Lipinski definition) is 0. The predicted molar refractivity (Wildman–Crippen MR) is 507 cm³/mol. The molecule has 0 saturated heterocycles.